The minimum Gasteiger partial charge on any atom is -0.496 e. The Morgan fingerprint density at radius 1 is 1.33 bits per heavy atom. The molecule has 5 heteroatoms. The summed E-state index contributed by atoms with van der Waals surface area (Å²) in [5.74, 6) is 0.506. The van der Waals surface area contributed by atoms with Crippen molar-refractivity contribution in [2.45, 2.75) is 33.2 Å². The number of hydrogen-bond donors (Lipinski definition) is 0. The summed E-state index contributed by atoms with van der Waals surface area (Å²) in [7, 11) is 1.54. The van der Waals surface area contributed by atoms with Crippen molar-refractivity contribution in [1.29, 1.82) is 0 Å². The number of rotatable bonds is 6. The van der Waals surface area contributed by atoms with E-state index in [1.807, 2.05) is 17.7 Å². The lowest BCUT2D eigenvalue weighted by atomic mass is 10.1. The van der Waals surface area contributed by atoms with Crippen LogP contribution in [0.2, 0.25) is 5.02 Å². The molecule has 0 fully saturated rings. The van der Waals surface area contributed by atoms with Crippen LogP contribution in [-0.2, 0) is 19.4 Å². The van der Waals surface area contributed by atoms with Gasteiger partial charge in [-0.15, -0.1) is 0 Å². The molecule has 4 nitrogen and oxygen atoms in total. The van der Waals surface area contributed by atoms with Crippen molar-refractivity contribution >= 4 is 17.4 Å². The van der Waals surface area contributed by atoms with Gasteiger partial charge in [0.1, 0.15) is 5.75 Å². The number of halogens is 1. The fourth-order valence-corrected chi connectivity index (χ4v) is 2.42. The summed E-state index contributed by atoms with van der Waals surface area (Å²) in [6, 6.07) is 7.05. The summed E-state index contributed by atoms with van der Waals surface area (Å²) in [5.41, 5.74) is 2.47. The highest BCUT2D eigenvalue weighted by Crippen LogP contribution is 2.24. The Bertz CT molecular complexity index is 650. The number of ether oxygens (including phenoxy) is 1. The molecule has 2 aromatic rings. The molecule has 1 aromatic carbocycles. The molecule has 1 aromatic heterocycles. The fourth-order valence-electron chi connectivity index (χ4n) is 2.26. The topological polar surface area (TPSA) is 44.1 Å². The molecule has 0 aliphatic carbocycles. The van der Waals surface area contributed by atoms with Gasteiger partial charge in [-0.2, -0.15) is 5.10 Å². The van der Waals surface area contributed by atoms with Crippen LogP contribution in [0.15, 0.2) is 24.3 Å². The maximum absolute atomic E-state index is 12.5. The number of carbonyl (C=O) groups is 1. The van der Waals surface area contributed by atoms with E-state index >= 15 is 0 Å². The molecular formula is C16H19ClN2O2. The smallest absolute Gasteiger partial charge is 0.172 e. The maximum Gasteiger partial charge on any atom is 0.172 e. The van der Waals surface area contributed by atoms with Crippen molar-refractivity contribution in [2.75, 3.05) is 7.11 Å². The van der Waals surface area contributed by atoms with Crippen molar-refractivity contribution in [3.63, 3.8) is 0 Å². The molecular weight excluding hydrogens is 288 g/mol. The number of carbonyl (C=O) groups excluding carboxylic acids is 1. The van der Waals surface area contributed by atoms with E-state index < -0.39 is 0 Å². The molecule has 21 heavy (non-hydrogen) atoms. The van der Waals surface area contributed by atoms with Gasteiger partial charge in [0.15, 0.2) is 5.78 Å². The number of aromatic nitrogens is 2. The number of hydrogen-bond acceptors (Lipinski definition) is 3. The van der Waals surface area contributed by atoms with Gasteiger partial charge < -0.3 is 4.74 Å². The zero-order valence-corrected chi connectivity index (χ0v) is 13.3. The van der Waals surface area contributed by atoms with E-state index in [0.29, 0.717) is 22.8 Å². The fraction of sp³-hybridized carbons (Fsp3) is 0.375. The average Bonchev–Trinajstić information content (AvgIpc) is 2.89. The van der Waals surface area contributed by atoms with Crippen molar-refractivity contribution in [3.8, 4) is 5.75 Å². The van der Waals surface area contributed by atoms with E-state index in [0.717, 1.165) is 24.4 Å². The predicted molar refractivity (Wildman–Crippen MR) is 83.3 cm³/mol. The molecule has 0 aliphatic heterocycles. The van der Waals surface area contributed by atoms with E-state index in [2.05, 4.69) is 12.0 Å². The molecule has 0 spiro atoms. The van der Waals surface area contributed by atoms with Gasteiger partial charge in [0.2, 0.25) is 0 Å². The third-order valence-electron chi connectivity index (χ3n) is 3.38. The van der Waals surface area contributed by atoms with Gasteiger partial charge in [0.25, 0.3) is 0 Å². The largest absolute Gasteiger partial charge is 0.496 e. The summed E-state index contributed by atoms with van der Waals surface area (Å²) < 4.78 is 7.11. The number of aryl methyl sites for hydroxylation is 2. The zero-order chi connectivity index (χ0) is 15.4. The Hall–Kier alpha value is -1.81. The van der Waals surface area contributed by atoms with Crippen molar-refractivity contribution < 1.29 is 9.53 Å². The molecule has 0 saturated heterocycles. The van der Waals surface area contributed by atoms with Gasteiger partial charge in [-0.05, 0) is 37.6 Å². The molecule has 1 heterocycles. The molecule has 0 bridgehead atoms. The molecule has 2 rings (SSSR count). The van der Waals surface area contributed by atoms with Crippen LogP contribution < -0.4 is 4.74 Å². The first-order chi connectivity index (χ1) is 10.1. The highest BCUT2D eigenvalue weighted by atomic mass is 35.5. The van der Waals surface area contributed by atoms with E-state index in [-0.39, 0.29) is 5.78 Å². The highest BCUT2D eigenvalue weighted by molar-refractivity contribution is 6.30. The van der Waals surface area contributed by atoms with E-state index in [9.17, 15) is 4.79 Å². The number of benzene rings is 1. The lowest BCUT2D eigenvalue weighted by molar-refractivity contribution is 0.0987. The number of methoxy groups -OCH3 is 1. The van der Waals surface area contributed by atoms with Gasteiger partial charge in [-0.1, -0.05) is 18.5 Å². The second-order valence-electron chi connectivity index (χ2n) is 4.74. The molecule has 0 amide bonds. The molecule has 0 N–H and O–H groups in total. The maximum atomic E-state index is 12.5. The van der Waals surface area contributed by atoms with E-state index in [1.165, 1.54) is 7.11 Å². The standard InChI is InChI=1S/C16H19ClN2O2/c1-4-12-9-13(19(5-2)18-12)10-15(20)14-7-6-11(17)8-16(14)21-3/h6-9H,4-5,10H2,1-3H3. The SMILES string of the molecule is CCc1cc(CC(=O)c2ccc(Cl)cc2OC)n(CC)n1. The van der Waals surface area contributed by atoms with E-state index in [4.69, 9.17) is 16.3 Å². The first kappa shape index (κ1) is 15.6. The van der Waals surface area contributed by atoms with Crippen LogP contribution in [0.3, 0.4) is 0 Å². The van der Waals surface area contributed by atoms with Crippen LogP contribution >= 0.6 is 11.6 Å². The van der Waals surface area contributed by atoms with Gasteiger partial charge in [-0.3, -0.25) is 9.48 Å². The predicted octanol–water partition coefficient (Wildman–Crippen LogP) is 3.55. The van der Waals surface area contributed by atoms with Crippen LogP contribution in [0.1, 0.15) is 35.6 Å². The van der Waals surface area contributed by atoms with Gasteiger partial charge >= 0.3 is 0 Å². The van der Waals surface area contributed by atoms with Gasteiger partial charge in [0.05, 0.1) is 24.8 Å². The minimum atomic E-state index is 0.000713. The summed E-state index contributed by atoms with van der Waals surface area (Å²) >= 11 is 5.92. The van der Waals surface area contributed by atoms with Crippen LogP contribution in [0.4, 0.5) is 0 Å². The summed E-state index contributed by atoms with van der Waals surface area (Å²) in [5, 5.41) is 5.01. The Labute approximate surface area is 129 Å². The Balaban J connectivity index is 2.27. The monoisotopic (exact) mass is 306 g/mol. The second-order valence-corrected chi connectivity index (χ2v) is 5.18. The van der Waals surface area contributed by atoms with Crippen molar-refractivity contribution in [2.24, 2.45) is 0 Å². The molecule has 0 atom stereocenters. The molecule has 0 unspecified atom stereocenters. The number of nitrogens with zero attached hydrogens (tertiary/aromatic N) is 2. The first-order valence-corrected chi connectivity index (χ1v) is 7.39. The van der Waals surface area contributed by atoms with Crippen LogP contribution in [0.25, 0.3) is 0 Å². The van der Waals surface area contributed by atoms with Gasteiger partial charge in [0, 0.05) is 17.3 Å². The molecule has 0 radical (unpaired) electrons. The summed E-state index contributed by atoms with van der Waals surface area (Å²) in [6.45, 7) is 4.82. The number of ketones is 1. The third-order valence-corrected chi connectivity index (χ3v) is 3.62. The normalized spacial score (nSPS) is 10.7. The van der Waals surface area contributed by atoms with Crippen LogP contribution in [-0.4, -0.2) is 22.7 Å². The Morgan fingerprint density at radius 3 is 2.71 bits per heavy atom. The zero-order valence-electron chi connectivity index (χ0n) is 12.5. The van der Waals surface area contributed by atoms with Crippen LogP contribution in [0.5, 0.6) is 5.75 Å². The quantitative estimate of drug-likeness (QED) is 0.767. The average molecular weight is 307 g/mol. The minimum absolute atomic E-state index is 0.000713. The summed E-state index contributed by atoms with van der Waals surface area (Å²) in [6.07, 6.45) is 1.16. The highest BCUT2D eigenvalue weighted by Gasteiger charge is 2.16. The molecule has 0 saturated carbocycles. The van der Waals surface area contributed by atoms with Crippen LogP contribution in [0, 0.1) is 0 Å². The van der Waals surface area contributed by atoms with Gasteiger partial charge in [-0.25, -0.2) is 0 Å². The van der Waals surface area contributed by atoms with E-state index in [1.54, 1.807) is 18.2 Å². The lowest BCUT2D eigenvalue weighted by Gasteiger charge is -2.08. The Morgan fingerprint density at radius 2 is 2.10 bits per heavy atom. The second kappa shape index (κ2) is 6.76. The van der Waals surface area contributed by atoms with Crippen molar-refractivity contribution in [3.05, 3.63) is 46.2 Å². The lowest BCUT2D eigenvalue weighted by Crippen LogP contribution is -2.10. The summed E-state index contributed by atoms with van der Waals surface area (Å²) in [4.78, 5) is 12.5. The molecule has 0 aliphatic rings. The number of Topliss-reactive ketones (excluding diaryl/α,β-unsaturated/α-hetero) is 1. The first-order valence-electron chi connectivity index (χ1n) is 7.01. The Kier molecular flexibility index (Phi) is 5.02. The third kappa shape index (κ3) is 3.45. The molecule has 112 valence electrons. The van der Waals surface area contributed by atoms with Crippen molar-refractivity contribution in [1.82, 2.24) is 9.78 Å².